The van der Waals surface area contributed by atoms with Crippen molar-refractivity contribution in [1.29, 1.82) is 5.26 Å². The van der Waals surface area contributed by atoms with Crippen LogP contribution in [0.5, 0.6) is 0 Å². The summed E-state index contributed by atoms with van der Waals surface area (Å²) in [7, 11) is 0. The largest absolute Gasteiger partial charge is 0.387 e. The van der Waals surface area contributed by atoms with Crippen LogP contribution in [0.15, 0.2) is 47.7 Å². The molecule has 1 aromatic heterocycles. The first-order chi connectivity index (χ1) is 12.9. The van der Waals surface area contributed by atoms with Crippen LogP contribution in [0.4, 0.5) is 5.82 Å². The summed E-state index contributed by atoms with van der Waals surface area (Å²) in [6.07, 6.45) is 4.12. The Kier molecular flexibility index (Phi) is 7.63. The summed E-state index contributed by atoms with van der Waals surface area (Å²) in [5.41, 5.74) is 3.03. The zero-order chi connectivity index (χ0) is 19.8. The Hall–Kier alpha value is -2.58. The Labute approximate surface area is 166 Å². The third kappa shape index (κ3) is 6.26. The first-order valence-electron chi connectivity index (χ1n) is 9.03. The van der Waals surface area contributed by atoms with Crippen molar-refractivity contribution < 1.29 is 0 Å². The molecule has 2 atom stereocenters. The van der Waals surface area contributed by atoms with Crippen LogP contribution in [-0.2, 0) is 0 Å². The van der Waals surface area contributed by atoms with Crippen LogP contribution in [0.3, 0.4) is 0 Å². The summed E-state index contributed by atoms with van der Waals surface area (Å²) in [5, 5.41) is 17.2. The molecule has 0 aliphatic rings. The number of nitriles is 1. The standard InChI is InChI=1S/C21H26ClN5/c1-14(2)11-17(13-23)15(3)12-16(4)24-9-10-25-20-18-7-5-6-8-19(18)26-21(22)27-20/h5-8,11-12,15,17,24H,9-10H2,1-4H3,(H,25,26,27)/b16-12+. The fourth-order valence-corrected chi connectivity index (χ4v) is 3.02. The Balaban J connectivity index is 1.91. The minimum Gasteiger partial charge on any atom is -0.387 e. The van der Waals surface area contributed by atoms with Crippen molar-refractivity contribution in [2.45, 2.75) is 27.7 Å². The van der Waals surface area contributed by atoms with Crippen LogP contribution in [-0.4, -0.2) is 23.1 Å². The fraction of sp³-hybridized carbons (Fsp3) is 0.381. The Bertz CT molecular complexity index is 878. The van der Waals surface area contributed by atoms with Gasteiger partial charge in [-0.05, 0) is 50.4 Å². The van der Waals surface area contributed by atoms with Gasteiger partial charge in [0.2, 0.25) is 5.28 Å². The summed E-state index contributed by atoms with van der Waals surface area (Å²) in [6.45, 7) is 9.52. The van der Waals surface area contributed by atoms with Gasteiger partial charge in [-0.3, -0.25) is 0 Å². The van der Waals surface area contributed by atoms with Crippen LogP contribution in [0.1, 0.15) is 27.7 Å². The number of nitrogens with zero attached hydrogens (tertiary/aromatic N) is 3. The Morgan fingerprint density at radius 2 is 1.93 bits per heavy atom. The highest BCUT2D eigenvalue weighted by Gasteiger charge is 2.12. The van der Waals surface area contributed by atoms with Gasteiger partial charge < -0.3 is 10.6 Å². The average Bonchev–Trinajstić information content (AvgIpc) is 2.62. The van der Waals surface area contributed by atoms with E-state index in [4.69, 9.17) is 11.6 Å². The zero-order valence-corrected chi connectivity index (χ0v) is 17.0. The second-order valence-electron chi connectivity index (χ2n) is 6.82. The fourth-order valence-electron chi connectivity index (χ4n) is 2.85. The van der Waals surface area contributed by atoms with Crippen molar-refractivity contribution >= 4 is 28.3 Å². The normalized spacial score (nSPS) is 13.6. The van der Waals surface area contributed by atoms with Gasteiger partial charge in [-0.15, -0.1) is 0 Å². The number of aromatic nitrogens is 2. The monoisotopic (exact) mass is 383 g/mol. The third-order valence-corrected chi connectivity index (χ3v) is 4.31. The number of hydrogen-bond donors (Lipinski definition) is 2. The first kappa shape index (κ1) is 20.7. The molecule has 27 heavy (non-hydrogen) atoms. The minimum absolute atomic E-state index is 0.112. The number of allylic oxidation sites excluding steroid dienone is 4. The molecule has 0 radical (unpaired) electrons. The molecule has 0 aliphatic heterocycles. The number of hydrogen-bond acceptors (Lipinski definition) is 5. The number of benzene rings is 1. The molecule has 0 spiro atoms. The summed E-state index contributed by atoms with van der Waals surface area (Å²) >= 11 is 6.01. The number of rotatable bonds is 8. The van der Waals surface area contributed by atoms with Crippen molar-refractivity contribution in [2.24, 2.45) is 11.8 Å². The lowest BCUT2D eigenvalue weighted by molar-refractivity contribution is 0.609. The van der Waals surface area contributed by atoms with Crippen molar-refractivity contribution in [3.8, 4) is 6.07 Å². The van der Waals surface area contributed by atoms with E-state index in [0.717, 1.165) is 34.5 Å². The van der Waals surface area contributed by atoms with Gasteiger partial charge in [0.25, 0.3) is 0 Å². The molecule has 5 nitrogen and oxygen atoms in total. The molecule has 0 saturated carbocycles. The van der Waals surface area contributed by atoms with Gasteiger partial charge in [-0.1, -0.05) is 36.8 Å². The molecule has 1 heterocycles. The molecule has 0 saturated heterocycles. The molecular weight excluding hydrogens is 358 g/mol. The van der Waals surface area contributed by atoms with Crippen molar-refractivity contribution in [2.75, 3.05) is 18.4 Å². The first-order valence-corrected chi connectivity index (χ1v) is 9.41. The predicted octanol–water partition coefficient (Wildman–Crippen LogP) is 4.93. The van der Waals surface area contributed by atoms with Crippen LogP contribution in [0.2, 0.25) is 5.28 Å². The molecule has 1 aromatic carbocycles. The van der Waals surface area contributed by atoms with E-state index >= 15 is 0 Å². The summed E-state index contributed by atoms with van der Waals surface area (Å²) in [5.74, 6) is 0.768. The smallest absolute Gasteiger partial charge is 0.224 e. The number of nitrogens with one attached hydrogen (secondary N) is 2. The Morgan fingerprint density at radius 3 is 2.63 bits per heavy atom. The molecule has 6 heteroatoms. The molecule has 142 valence electrons. The van der Waals surface area contributed by atoms with E-state index in [-0.39, 0.29) is 17.1 Å². The van der Waals surface area contributed by atoms with E-state index in [0.29, 0.717) is 6.54 Å². The number of halogens is 1. The van der Waals surface area contributed by atoms with Crippen LogP contribution in [0.25, 0.3) is 10.9 Å². The molecule has 2 unspecified atom stereocenters. The molecule has 0 amide bonds. The quantitative estimate of drug-likeness (QED) is 0.384. The van der Waals surface area contributed by atoms with Gasteiger partial charge in [0.05, 0.1) is 17.5 Å². The molecule has 0 bridgehead atoms. The molecule has 0 fully saturated rings. The lowest BCUT2D eigenvalue weighted by Crippen LogP contribution is -2.22. The van der Waals surface area contributed by atoms with Gasteiger partial charge in [0.15, 0.2) is 0 Å². The highest BCUT2D eigenvalue weighted by atomic mass is 35.5. The van der Waals surface area contributed by atoms with E-state index in [1.54, 1.807) is 0 Å². The van der Waals surface area contributed by atoms with Gasteiger partial charge in [0.1, 0.15) is 5.82 Å². The summed E-state index contributed by atoms with van der Waals surface area (Å²) in [6, 6.07) is 10.1. The highest BCUT2D eigenvalue weighted by molar-refractivity contribution is 6.28. The maximum Gasteiger partial charge on any atom is 0.224 e. The van der Waals surface area contributed by atoms with Crippen LogP contribution in [0, 0.1) is 23.2 Å². The zero-order valence-electron chi connectivity index (χ0n) is 16.3. The molecule has 0 aliphatic carbocycles. The van der Waals surface area contributed by atoms with Gasteiger partial charge in [0, 0.05) is 24.2 Å². The SMILES string of the molecule is CC(C)=CC(C#N)C(C)/C=C(\C)NCCNc1nc(Cl)nc2ccccc12. The van der Waals surface area contributed by atoms with E-state index in [2.05, 4.69) is 39.7 Å². The molecule has 2 N–H and O–H groups in total. The van der Waals surface area contributed by atoms with E-state index in [9.17, 15) is 5.26 Å². The molecule has 2 aromatic rings. The average molecular weight is 384 g/mol. The lowest BCUT2D eigenvalue weighted by Gasteiger charge is -2.14. The second kappa shape index (κ2) is 9.94. The number of anilines is 1. The van der Waals surface area contributed by atoms with Crippen molar-refractivity contribution in [3.63, 3.8) is 0 Å². The predicted molar refractivity (Wildman–Crippen MR) is 112 cm³/mol. The number of fused-ring (bicyclic) bond motifs is 1. The van der Waals surface area contributed by atoms with Gasteiger partial charge >= 0.3 is 0 Å². The van der Waals surface area contributed by atoms with Gasteiger partial charge in [-0.2, -0.15) is 5.26 Å². The number of para-hydroxylation sites is 1. The Morgan fingerprint density at radius 1 is 1.19 bits per heavy atom. The van der Waals surface area contributed by atoms with Crippen LogP contribution < -0.4 is 10.6 Å². The maximum absolute atomic E-state index is 9.33. The van der Waals surface area contributed by atoms with Crippen molar-refractivity contribution in [3.05, 3.63) is 53.0 Å². The highest BCUT2D eigenvalue weighted by Crippen LogP contribution is 2.21. The van der Waals surface area contributed by atoms with E-state index in [1.165, 1.54) is 0 Å². The van der Waals surface area contributed by atoms with E-state index in [1.807, 2.05) is 51.1 Å². The lowest BCUT2D eigenvalue weighted by atomic mass is 9.93. The topological polar surface area (TPSA) is 73.6 Å². The second-order valence-corrected chi connectivity index (χ2v) is 7.16. The van der Waals surface area contributed by atoms with E-state index < -0.39 is 0 Å². The molecular formula is C21H26ClN5. The minimum atomic E-state index is -0.112. The third-order valence-electron chi connectivity index (χ3n) is 4.14. The van der Waals surface area contributed by atoms with Gasteiger partial charge in [-0.25, -0.2) is 9.97 Å². The van der Waals surface area contributed by atoms with Crippen LogP contribution >= 0.6 is 11.6 Å². The summed E-state index contributed by atoms with van der Waals surface area (Å²) < 4.78 is 0. The maximum atomic E-state index is 9.33. The summed E-state index contributed by atoms with van der Waals surface area (Å²) in [4.78, 5) is 8.52. The van der Waals surface area contributed by atoms with Crippen molar-refractivity contribution in [1.82, 2.24) is 15.3 Å². The molecule has 2 rings (SSSR count).